The molecule has 6 nitrogen and oxygen atoms in total. The fourth-order valence-electron chi connectivity index (χ4n) is 4.21. The van der Waals surface area contributed by atoms with Gasteiger partial charge in [0.2, 0.25) is 11.1 Å². The maximum atomic E-state index is 12.8. The van der Waals surface area contributed by atoms with Crippen molar-refractivity contribution in [1.82, 2.24) is 15.2 Å². The van der Waals surface area contributed by atoms with Gasteiger partial charge in [0.25, 0.3) is 0 Å². The molecule has 5 rings (SSSR count). The molecule has 0 saturated carbocycles. The van der Waals surface area contributed by atoms with Crippen LogP contribution in [0.4, 0.5) is 5.00 Å². The molecule has 8 heteroatoms. The van der Waals surface area contributed by atoms with E-state index in [1.807, 2.05) is 60.7 Å². The maximum Gasteiger partial charge on any atom is 0.235 e. The lowest BCUT2D eigenvalue weighted by Crippen LogP contribution is -2.14. The van der Waals surface area contributed by atoms with Gasteiger partial charge in [-0.3, -0.25) is 4.79 Å². The van der Waals surface area contributed by atoms with Crippen LogP contribution in [0.5, 0.6) is 0 Å². The third-order valence-electron chi connectivity index (χ3n) is 5.97. The summed E-state index contributed by atoms with van der Waals surface area (Å²) in [5.41, 5.74) is 5.01. The molecule has 2 aromatic heterocycles. The molecule has 0 saturated heterocycles. The summed E-state index contributed by atoms with van der Waals surface area (Å²) >= 11 is 2.77. The number of thioether (sulfide) groups is 1. The lowest BCUT2D eigenvalue weighted by molar-refractivity contribution is -0.113. The number of anilines is 1. The number of thiophene rings is 1. The summed E-state index contributed by atoms with van der Waals surface area (Å²) in [6, 6.07) is 22.0. The molecule has 0 fully saturated rings. The number of amides is 1. The van der Waals surface area contributed by atoms with Crippen molar-refractivity contribution < 1.29 is 4.79 Å². The Morgan fingerprint density at radius 1 is 1.09 bits per heavy atom. The molecule has 1 N–H and O–H groups in total. The first-order valence-electron chi connectivity index (χ1n) is 11.4. The molecular weight excluding hydrogens is 474 g/mol. The second-order valence-corrected chi connectivity index (χ2v) is 10.6. The number of nitriles is 1. The highest BCUT2D eigenvalue weighted by Gasteiger charge is 2.25. The normalized spacial score (nSPS) is 14.7. The van der Waals surface area contributed by atoms with E-state index >= 15 is 0 Å². The standard InChI is InChI=1S/C27H23N5OS2/c1-17-12-13-20-21(15-28)26(35-22(20)14-17)29-23(33)16-34-27-30-24(18-8-4-2-5-9-18)25(31-32-27)19-10-6-3-7-11-19/h2-11,17H,12-14,16H2,1H3,(H,29,33). The fraction of sp³-hybridized carbons (Fsp3) is 0.222. The number of aromatic nitrogens is 3. The molecule has 0 spiro atoms. The molecular formula is C27H23N5OS2. The van der Waals surface area contributed by atoms with E-state index in [-0.39, 0.29) is 11.7 Å². The second-order valence-electron chi connectivity index (χ2n) is 8.53. The van der Waals surface area contributed by atoms with Crippen LogP contribution in [0.15, 0.2) is 65.8 Å². The first-order chi connectivity index (χ1) is 17.1. The van der Waals surface area contributed by atoms with E-state index in [0.29, 0.717) is 27.3 Å². The number of nitrogens with zero attached hydrogens (tertiary/aromatic N) is 4. The third-order valence-corrected chi connectivity index (χ3v) is 7.98. The first-order valence-corrected chi connectivity index (χ1v) is 13.3. The summed E-state index contributed by atoms with van der Waals surface area (Å²) in [5.74, 6) is 0.550. The zero-order valence-corrected chi connectivity index (χ0v) is 20.8. The fourth-order valence-corrected chi connectivity index (χ4v) is 6.17. The van der Waals surface area contributed by atoms with Crippen LogP contribution in [0.1, 0.15) is 29.3 Å². The van der Waals surface area contributed by atoms with E-state index in [9.17, 15) is 10.1 Å². The third kappa shape index (κ3) is 5.11. The lowest BCUT2D eigenvalue weighted by atomic mass is 9.89. The lowest BCUT2D eigenvalue weighted by Gasteiger charge is -2.17. The second kappa shape index (κ2) is 10.4. The Morgan fingerprint density at radius 2 is 1.77 bits per heavy atom. The Balaban J connectivity index is 1.34. The smallest absolute Gasteiger partial charge is 0.235 e. The molecule has 1 atom stereocenters. The number of fused-ring (bicyclic) bond motifs is 1. The highest BCUT2D eigenvalue weighted by atomic mass is 32.2. The minimum absolute atomic E-state index is 0.129. The van der Waals surface area contributed by atoms with E-state index in [1.54, 1.807) is 0 Å². The predicted molar refractivity (Wildman–Crippen MR) is 140 cm³/mol. The predicted octanol–water partition coefficient (Wildman–Crippen LogP) is 5.99. The molecule has 1 amide bonds. The van der Waals surface area contributed by atoms with Crippen LogP contribution < -0.4 is 5.32 Å². The van der Waals surface area contributed by atoms with Gasteiger partial charge in [-0.25, -0.2) is 4.98 Å². The average Bonchev–Trinajstić information content (AvgIpc) is 3.24. The van der Waals surface area contributed by atoms with Gasteiger partial charge >= 0.3 is 0 Å². The van der Waals surface area contributed by atoms with Crippen molar-refractivity contribution in [3.63, 3.8) is 0 Å². The number of hydrogen-bond donors (Lipinski definition) is 1. The molecule has 1 aliphatic rings. The molecule has 4 aromatic rings. The topological polar surface area (TPSA) is 91.6 Å². The zero-order valence-electron chi connectivity index (χ0n) is 19.2. The largest absolute Gasteiger partial charge is 0.316 e. The van der Waals surface area contributed by atoms with Crippen LogP contribution in [-0.2, 0) is 17.6 Å². The van der Waals surface area contributed by atoms with Gasteiger partial charge in [0.15, 0.2) is 0 Å². The molecule has 1 aliphatic carbocycles. The van der Waals surface area contributed by atoms with Crippen molar-refractivity contribution in [2.45, 2.75) is 31.3 Å². The van der Waals surface area contributed by atoms with E-state index in [4.69, 9.17) is 4.98 Å². The van der Waals surface area contributed by atoms with Crippen molar-refractivity contribution in [2.24, 2.45) is 5.92 Å². The van der Waals surface area contributed by atoms with Gasteiger partial charge in [-0.15, -0.1) is 21.5 Å². The van der Waals surface area contributed by atoms with Crippen LogP contribution >= 0.6 is 23.1 Å². The number of carbonyl (C=O) groups excluding carboxylic acids is 1. The minimum atomic E-state index is -0.185. The summed E-state index contributed by atoms with van der Waals surface area (Å²) in [6.07, 6.45) is 2.94. The van der Waals surface area contributed by atoms with E-state index in [1.165, 1.54) is 28.0 Å². The van der Waals surface area contributed by atoms with Crippen LogP contribution in [0.25, 0.3) is 22.5 Å². The summed E-state index contributed by atoms with van der Waals surface area (Å²) in [6.45, 7) is 2.23. The number of nitrogens with one attached hydrogen (secondary N) is 1. The Hall–Kier alpha value is -3.54. The van der Waals surface area contributed by atoms with Crippen LogP contribution in [0, 0.1) is 17.2 Å². The molecule has 2 aromatic carbocycles. The first kappa shape index (κ1) is 23.2. The number of carbonyl (C=O) groups is 1. The minimum Gasteiger partial charge on any atom is -0.316 e. The summed E-state index contributed by atoms with van der Waals surface area (Å²) in [7, 11) is 0. The van der Waals surface area contributed by atoms with Gasteiger partial charge in [-0.1, -0.05) is 79.3 Å². The maximum absolute atomic E-state index is 12.8. The molecule has 35 heavy (non-hydrogen) atoms. The Morgan fingerprint density at radius 3 is 2.46 bits per heavy atom. The van der Waals surface area contributed by atoms with E-state index in [0.717, 1.165) is 41.6 Å². The summed E-state index contributed by atoms with van der Waals surface area (Å²) in [4.78, 5) is 18.7. The molecule has 0 aliphatic heterocycles. The zero-order chi connectivity index (χ0) is 24.2. The molecule has 0 radical (unpaired) electrons. The van der Waals surface area contributed by atoms with Crippen LogP contribution in [-0.4, -0.2) is 26.8 Å². The molecule has 2 heterocycles. The van der Waals surface area contributed by atoms with E-state index < -0.39 is 0 Å². The number of hydrogen-bond acceptors (Lipinski definition) is 7. The Labute approximate surface area is 212 Å². The van der Waals surface area contributed by atoms with Crippen LogP contribution in [0.2, 0.25) is 0 Å². The van der Waals surface area contributed by atoms with Crippen LogP contribution in [0.3, 0.4) is 0 Å². The number of rotatable bonds is 6. The van der Waals surface area contributed by atoms with Gasteiger partial charge < -0.3 is 5.32 Å². The quantitative estimate of drug-likeness (QED) is 0.329. The Bertz CT molecular complexity index is 1400. The highest BCUT2D eigenvalue weighted by Crippen LogP contribution is 2.39. The SMILES string of the molecule is CC1CCc2c(sc(NC(=O)CSc3nnc(-c4ccccc4)c(-c4ccccc4)n3)c2C#N)C1. The van der Waals surface area contributed by atoms with Gasteiger partial charge in [-0.2, -0.15) is 5.26 Å². The molecule has 0 bridgehead atoms. The van der Waals surface area contributed by atoms with Crippen molar-refractivity contribution >= 4 is 34.0 Å². The van der Waals surface area contributed by atoms with Gasteiger partial charge in [0, 0.05) is 16.0 Å². The van der Waals surface area contributed by atoms with Crippen molar-refractivity contribution in [2.75, 3.05) is 11.1 Å². The molecule has 174 valence electrons. The summed E-state index contributed by atoms with van der Waals surface area (Å²) in [5, 5.41) is 22.5. The van der Waals surface area contributed by atoms with E-state index in [2.05, 4.69) is 28.5 Å². The van der Waals surface area contributed by atoms with Gasteiger partial charge in [0.1, 0.15) is 22.5 Å². The Kier molecular flexibility index (Phi) is 6.89. The monoisotopic (exact) mass is 497 g/mol. The van der Waals surface area contributed by atoms with Crippen molar-refractivity contribution in [1.29, 1.82) is 5.26 Å². The van der Waals surface area contributed by atoms with Crippen molar-refractivity contribution in [3.05, 3.63) is 76.7 Å². The van der Waals surface area contributed by atoms with Gasteiger partial charge in [0.05, 0.1) is 11.3 Å². The highest BCUT2D eigenvalue weighted by molar-refractivity contribution is 7.99. The number of benzene rings is 2. The average molecular weight is 498 g/mol. The van der Waals surface area contributed by atoms with Crippen molar-refractivity contribution in [3.8, 4) is 28.6 Å². The van der Waals surface area contributed by atoms with Gasteiger partial charge in [-0.05, 0) is 30.7 Å². The molecule has 1 unspecified atom stereocenters. The summed E-state index contributed by atoms with van der Waals surface area (Å²) < 4.78 is 0.